The number of hydrogen-bond donors (Lipinski definition) is 2. The highest BCUT2D eigenvalue weighted by atomic mass is 19.3. The van der Waals surface area contributed by atoms with E-state index in [1.54, 1.807) is 0 Å². The Morgan fingerprint density at radius 3 is 2.30 bits per heavy atom. The Bertz CT molecular complexity index is 479. The molecule has 1 unspecified atom stereocenters. The van der Waals surface area contributed by atoms with Crippen LogP contribution in [0.1, 0.15) is 6.92 Å². The van der Waals surface area contributed by atoms with Gasteiger partial charge in [-0.25, -0.2) is 9.59 Å². The smallest absolute Gasteiger partial charge is 0.387 e. The van der Waals surface area contributed by atoms with Crippen LogP contribution in [0.25, 0.3) is 0 Å². The Kier molecular flexibility index (Phi) is 5.24. The highest BCUT2D eigenvalue weighted by Crippen LogP contribution is 2.18. The van der Waals surface area contributed by atoms with Crippen molar-refractivity contribution in [2.24, 2.45) is 0 Å². The third-order valence-electron chi connectivity index (χ3n) is 2.59. The molecule has 0 aromatic heterocycles. The molecule has 1 atom stereocenters. The number of halogens is 2. The van der Waals surface area contributed by atoms with Gasteiger partial charge in [0, 0.05) is 12.7 Å². The van der Waals surface area contributed by atoms with E-state index in [0.717, 1.165) is 4.90 Å². The predicted octanol–water partition coefficient (Wildman–Crippen LogP) is 2.22. The highest BCUT2D eigenvalue weighted by Gasteiger charge is 2.21. The molecule has 0 aliphatic heterocycles. The van der Waals surface area contributed by atoms with Gasteiger partial charge in [-0.2, -0.15) is 8.78 Å². The summed E-state index contributed by atoms with van der Waals surface area (Å²) in [6, 6.07) is 3.66. The quantitative estimate of drug-likeness (QED) is 0.870. The summed E-state index contributed by atoms with van der Waals surface area (Å²) in [6.07, 6.45) is 0. The predicted molar refractivity (Wildman–Crippen MR) is 67.0 cm³/mol. The fourth-order valence-electron chi connectivity index (χ4n) is 1.27. The van der Waals surface area contributed by atoms with Crippen molar-refractivity contribution in [2.45, 2.75) is 19.6 Å². The minimum absolute atomic E-state index is 0.0368. The van der Waals surface area contributed by atoms with Crippen LogP contribution in [0.4, 0.5) is 19.3 Å². The lowest BCUT2D eigenvalue weighted by atomic mass is 10.3. The van der Waals surface area contributed by atoms with E-state index in [2.05, 4.69) is 10.1 Å². The molecular formula is C12H14F2N2O4. The lowest BCUT2D eigenvalue weighted by Gasteiger charge is -2.21. The summed E-state index contributed by atoms with van der Waals surface area (Å²) in [5.41, 5.74) is 0.334. The molecule has 0 aliphatic carbocycles. The van der Waals surface area contributed by atoms with Crippen molar-refractivity contribution < 1.29 is 28.2 Å². The molecule has 1 rings (SSSR count). The number of amides is 2. The molecule has 110 valence electrons. The molecule has 6 nitrogen and oxygen atoms in total. The summed E-state index contributed by atoms with van der Waals surface area (Å²) in [7, 11) is 1.34. The second-order valence-electron chi connectivity index (χ2n) is 3.96. The van der Waals surface area contributed by atoms with Crippen LogP contribution < -0.4 is 10.1 Å². The Morgan fingerprint density at radius 1 is 1.30 bits per heavy atom. The first kappa shape index (κ1) is 15.7. The number of benzene rings is 1. The second-order valence-corrected chi connectivity index (χ2v) is 3.96. The number of hydrogen-bond acceptors (Lipinski definition) is 3. The van der Waals surface area contributed by atoms with Crippen LogP contribution in [0, 0.1) is 0 Å². The van der Waals surface area contributed by atoms with Gasteiger partial charge in [-0.3, -0.25) is 0 Å². The van der Waals surface area contributed by atoms with Gasteiger partial charge in [0.15, 0.2) is 0 Å². The van der Waals surface area contributed by atoms with Crippen molar-refractivity contribution >= 4 is 17.7 Å². The molecule has 0 saturated heterocycles. The Hall–Kier alpha value is -2.38. The maximum Gasteiger partial charge on any atom is 0.387 e. The summed E-state index contributed by atoms with van der Waals surface area (Å²) in [4.78, 5) is 23.5. The van der Waals surface area contributed by atoms with Crippen molar-refractivity contribution in [1.82, 2.24) is 4.90 Å². The molecule has 0 fully saturated rings. The Balaban J connectivity index is 2.64. The average molecular weight is 288 g/mol. The number of carbonyl (C=O) groups is 2. The average Bonchev–Trinajstić information content (AvgIpc) is 2.38. The molecule has 0 bridgehead atoms. The maximum atomic E-state index is 11.9. The van der Waals surface area contributed by atoms with Gasteiger partial charge in [-0.05, 0) is 31.2 Å². The van der Waals surface area contributed by atoms with Crippen LogP contribution >= 0.6 is 0 Å². The van der Waals surface area contributed by atoms with E-state index in [9.17, 15) is 18.4 Å². The third kappa shape index (κ3) is 4.38. The zero-order valence-electron chi connectivity index (χ0n) is 10.8. The van der Waals surface area contributed by atoms with Crippen molar-refractivity contribution in [3.8, 4) is 5.75 Å². The molecule has 0 saturated carbocycles. The first-order valence-corrected chi connectivity index (χ1v) is 5.62. The van der Waals surface area contributed by atoms with Crippen LogP contribution in [0.3, 0.4) is 0 Å². The minimum atomic E-state index is -2.92. The van der Waals surface area contributed by atoms with E-state index in [-0.39, 0.29) is 5.75 Å². The number of nitrogens with zero attached hydrogens (tertiary/aromatic N) is 1. The number of aliphatic carboxylic acids is 1. The first-order chi connectivity index (χ1) is 9.31. The molecule has 0 aliphatic rings. The third-order valence-corrected chi connectivity index (χ3v) is 2.59. The highest BCUT2D eigenvalue weighted by molar-refractivity contribution is 5.92. The molecule has 0 spiro atoms. The number of ether oxygens (including phenoxy) is 1. The van der Waals surface area contributed by atoms with Crippen LogP contribution in [0.2, 0.25) is 0 Å². The zero-order chi connectivity index (χ0) is 15.3. The van der Waals surface area contributed by atoms with Gasteiger partial charge in [0.25, 0.3) is 0 Å². The van der Waals surface area contributed by atoms with Crippen molar-refractivity contribution in [3.63, 3.8) is 0 Å². The molecule has 20 heavy (non-hydrogen) atoms. The lowest BCUT2D eigenvalue weighted by molar-refractivity contribution is -0.141. The van der Waals surface area contributed by atoms with Gasteiger partial charge in [-0.1, -0.05) is 0 Å². The standard InChI is InChI=1S/C12H14F2N2O4/c1-7(10(17)18)16(2)12(19)15-8-3-5-9(6-4-8)20-11(13)14/h3-7,11H,1-2H3,(H,15,19)(H,17,18). The summed E-state index contributed by atoms with van der Waals surface area (Å²) in [5, 5.41) is 11.2. The van der Waals surface area contributed by atoms with E-state index >= 15 is 0 Å². The number of urea groups is 1. The lowest BCUT2D eigenvalue weighted by Crippen LogP contribution is -2.42. The van der Waals surface area contributed by atoms with Crippen LogP contribution in [0.5, 0.6) is 5.75 Å². The van der Waals surface area contributed by atoms with Crippen molar-refractivity contribution in [3.05, 3.63) is 24.3 Å². The van der Waals surface area contributed by atoms with E-state index < -0.39 is 24.7 Å². The molecule has 1 aromatic carbocycles. The van der Waals surface area contributed by atoms with Gasteiger partial charge in [0.2, 0.25) is 0 Å². The van der Waals surface area contributed by atoms with Gasteiger partial charge < -0.3 is 20.1 Å². The number of carbonyl (C=O) groups excluding carboxylic acids is 1. The summed E-state index contributed by atoms with van der Waals surface area (Å²) in [5.74, 6) is -1.17. The van der Waals surface area contributed by atoms with E-state index in [0.29, 0.717) is 5.69 Å². The molecule has 0 radical (unpaired) electrons. The largest absolute Gasteiger partial charge is 0.480 e. The van der Waals surface area contributed by atoms with E-state index in [4.69, 9.17) is 5.11 Å². The van der Waals surface area contributed by atoms with Gasteiger partial charge in [0.05, 0.1) is 0 Å². The van der Waals surface area contributed by atoms with Crippen LogP contribution in [-0.4, -0.2) is 41.7 Å². The topological polar surface area (TPSA) is 78.9 Å². The van der Waals surface area contributed by atoms with Gasteiger partial charge in [0.1, 0.15) is 11.8 Å². The second kappa shape index (κ2) is 6.69. The Morgan fingerprint density at radius 2 is 1.85 bits per heavy atom. The number of nitrogens with one attached hydrogen (secondary N) is 1. The summed E-state index contributed by atoms with van der Waals surface area (Å²) < 4.78 is 28.1. The number of carboxylic acids is 1. The van der Waals surface area contributed by atoms with Crippen molar-refractivity contribution in [1.29, 1.82) is 0 Å². The first-order valence-electron chi connectivity index (χ1n) is 5.62. The summed E-state index contributed by atoms with van der Waals surface area (Å²) in [6.45, 7) is -1.56. The fraction of sp³-hybridized carbons (Fsp3) is 0.333. The fourth-order valence-corrected chi connectivity index (χ4v) is 1.27. The van der Waals surface area contributed by atoms with Crippen molar-refractivity contribution in [2.75, 3.05) is 12.4 Å². The number of alkyl halides is 2. The number of likely N-dealkylation sites (N-methyl/N-ethyl adjacent to an activating group) is 1. The summed E-state index contributed by atoms with van der Waals surface area (Å²) >= 11 is 0. The number of anilines is 1. The van der Waals surface area contributed by atoms with Gasteiger partial charge >= 0.3 is 18.6 Å². The zero-order valence-corrected chi connectivity index (χ0v) is 10.8. The van der Waals surface area contributed by atoms with E-state index in [1.165, 1.54) is 38.2 Å². The van der Waals surface area contributed by atoms with E-state index in [1.807, 2.05) is 0 Å². The number of carboxylic acid groups (broad SMARTS) is 1. The molecule has 1 aromatic rings. The molecule has 2 N–H and O–H groups in total. The van der Waals surface area contributed by atoms with Crippen LogP contribution in [-0.2, 0) is 4.79 Å². The van der Waals surface area contributed by atoms with Gasteiger partial charge in [-0.15, -0.1) is 0 Å². The molecule has 8 heteroatoms. The minimum Gasteiger partial charge on any atom is -0.480 e. The molecular weight excluding hydrogens is 274 g/mol. The molecule has 0 heterocycles. The Labute approximate surface area is 113 Å². The SMILES string of the molecule is CC(C(=O)O)N(C)C(=O)Nc1ccc(OC(F)F)cc1. The monoisotopic (exact) mass is 288 g/mol. The maximum absolute atomic E-state index is 11.9. The molecule has 2 amide bonds. The van der Waals surface area contributed by atoms with Crippen LogP contribution in [0.15, 0.2) is 24.3 Å². The number of rotatable bonds is 5. The normalized spacial score (nSPS) is 11.8.